The van der Waals surface area contributed by atoms with E-state index in [0.717, 1.165) is 22.3 Å². The summed E-state index contributed by atoms with van der Waals surface area (Å²) < 4.78 is 5.43. The number of nitrogens with zero attached hydrogens (tertiary/aromatic N) is 2. The molecule has 1 aliphatic rings. The third-order valence-corrected chi connectivity index (χ3v) is 5.05. The van der Waals surface area contributed by atoms with Gasteiger partial charge in [-0.1, -0.05) is 30.2 Å². The largest absolute Gasteiger partial charge is 0.383 e. The van der Waals surface area contributed by atoms with Crippen LogP contribution < -0.4 is 11.1 Å². The Morgan fingerprint density at radius 2 is 1.86 bits per heavy atom. The van der Waals surface area contributed by atoms with Crippen molar-refractivity contribution < 1.29 is 9.53 Å². The molecule has 1 amide bonds. The van der Waals surface area contributed by atoms with Crippen molar-refractivity contribution in [1.82, 2.24) is 15.3 Å². The summed E-state index contributed by atoms with van der Waals surface area (Å²) in [5.41, 5.74) is 9.41. The molecule has 4 rings (SSSR count). The minimum absolute atomic E-state index is 0.169. The number of ether oxygens (including phenoxy) is 1. The molecule has 0 saturated carbocycles. The Balaban J connectivity index is 1.56. The van der Waals surface area contributed by atoms with E-state index in [2.05, 4.69) is 21.2 Å². The first-order valence-corrected chi connectivity index (χ1v) is 9.18. The van der Waals surface area contributed by atoms with Crippen LogP contribution in [0.15, 0.2) is 54.7 Å². The third-order valence-electron chi connectivity index (χ3n) is 5.05. The number of hydrogen-bond acceptors (Lipinski definition) is 5. The fourth-order valence-corrected chi connectivity index (χ4v) is 3.30. The fourth-order valence-electron chi connectivity index (χ4n) is 3.30. The van der Waals surface area contributed by atoms with E-state index in [-0.39, 0.29) is 5.91 Å². The van der Waals surface area contributed by atoms with Crippen molar-refractivity contribution >= 4 is 11.7 Å². The van der Waals surface area contributed by atoms with Crippen LogP contribution in [0.5, 0.6) is 0 Å². The predicted octanol–water partition coefficient (Wildman–Crippen LogP) is 2.67. The number of carbonyl (C=O) groups is 1. The van der Waals surface area contributed by atoms with Gasteiger partial charge in [-0.15, -0.1) is 6.42 Å². The summed E-state index contributed by atoms with van der Waals surface area (Å²) in [5.74, 6) is 3.45. The Kier molecular flexibility index (Phi) is 4.75. The van der Waals surface area contributed by atoms with E-state index < -0.39 is 5.54 Å². The van der Waals surface area contributed by atoms with Gasteiger partial charge in [0.25, 0.3) is 5.91 Å². The third kappa shape index (κ3) is 3.56. The van der Waals surface area contributed by atoms with E-state index >= 15 is 0 Å². The van der Waals surface area contributed by atoms with Crippen LogP contribution in [0.4, 0.5) is 5.82 Å². The van der Waals surface area contributed by atoms with Crippen molar-refractivity contribution in [1.29, 1.82) is 0 Å². The molecule has 6 heteroatoms. The molecule has 1 aromatic heterocycles. The molecule has 1 fully saturated rings. The van der Waals surface area contributed by atoms with Crippen LogP contribution >= 0.6 is 0 Å². The van der Waals surface area contributed by atoms with Gasteiger partial charge in [-0.25, -0.2) is 9.97 Å². The molecule has 0 spiro atoms. The number of rotatable bonds is 4. The van der Waals surface area contributed by atoms with Gasteiger partial charge in [0, 0.05) is 22.9 Å². The number of amides is 1. The van der Waals surface area contributed by atoms with Crippen molar-refractivity contribution in [2.75, 3.05) is 18.9 Å². The first-order chi connectivity index (χ1) is 14.0. The first-order valence-electron chi connectivity index (χ1n) is 9.18. The van der Waals surface area contributed by atoms with Gasteiger partial charge in [-0.2, -0.15) is 0 Å². The number of anilines is 1. The second kappa shape index (κ2) is 7.38. The molecule has 6 nitrogen and oxygen atoms in total. The van der Waals surface area contributed by atoms with Crippen molar-refractivity contribution in [3.8, 4) is 23.5 Å². The molecule has 2 aromatic carbocycles. The van der Waals surface area contributed by atoms with Crippen molar-refractivity contribution in [3.05, 3.63) is 77.2 Å². The summed E-state index contributed by atoms with van der Waals surface area (Å²) in [6.45, 7) is 2.62. The number of nitrogens with one attached hydrogen (secondary N) is 1. The van der Waals surface area contributed by atoms with E-state index in [1.54, 1.807) is 37.4 Å². The topological polar surface area (TPSA) is 90.1 Å². The monoisotopic (exact) mass is 384 g/mol. The smallest absolute Gasteiger partial charge is 0.252 e. The van der Waals surface area contributed by atoms with Crippen molar-refractivity contribution in [3.63, 3.8) is 0 Å². The first kappa shape index (κ1) is 18.7. The zero-order valence-electron chi connectivity index (χ0n) is 16.0. The molecule has 0 atom stereocenters. The lowest BCUT2D eigenvalue weighted by Crippen LogP contribution is -2.59. The molecule has 0 bridgehead atoms. The summed E-state index contributed by atoms with van der Waals surface area (Å²) in [6, 6.07) is 14.8. The van der Waals surface area contributed by atoms with Gasteiger partial charge in [-0.05, 0) is 42.3 Å². The molecular weight excluding hydrogens is 364 g/mol. The molecule has 29 heavy (non-hydrogen) atoms. The second-order valence-corrected chi connectivity index (χ2v) is 7.04. The minimum atomic E-state index is -0.560. The molecule has 0 radical (unpaired) electrons. The molecule has 144 valence electrons. The summed E-state index contributed by atoms with van der Waals surface area (Å²) in [5, 5.41) is 3.11. The number of nitrogen functional groups attached to an aromatic ring is 1. The molecule has 0 unspecified atom stereocenters. The molecular formula is C23H20N4O2. The lowest BCUT2D eigenvalue weighted by molar-refractivity contribution is -0.0733. The lowest BCUT2D eigenvalue weighted by atomic mass is 9.86. The van der Waals surface area contributed by atoms with E-state index in [9.17, 15) is 4.79 Å². The van der Waals surface area contributed by atoms with Gasteiger partial charge in [0.1, 0.15) is 17.2 Å². The standard InChI is InChI=1S/C23H20N4O2/c1-3-16-4-6-18(7-5-16)22(28)27-23(13-29-14-23)19-10-8-17(9-11-19)20-12-25-15(2)26-21(20)24/h1,4-12H,13-14H2,2H3,(H,27,28)(H2,24,25,26). The highest BCUT2D eigenvalue weighted by Crippen LogP contribution is 2.32. The van der Waals surface area contributed by atoms with Crippen molar-refractivity contribution in [2.45, 2.75) is 12.5 Å². The molecule has 3 aromatic rings. The second-order valence-electron chi connectivity index (χ2n) is 7.04. The number of aryl methyl sites for hydroxylation is 1. The number of carbonyl (C=O) groups excluding carboxylic acids is 1. The van der Waals surface area contributed by atoms with Crippen molar-refractivity contribution in [2.24, 2.45) is 0 Å². The average Bonchev–Trinajstić information content (AvgIpc) is 2.71. The molecule has 3 N–H and O–H groups in total. The summed E-state index contributed by atoms with van der Waals surface area (Å²) in [4.78, 5) is 21.2. The van der Waals surface area contributed by atoms with Crippen LogP contribution in [-0.4, -0.2) is 29.1 Å². The number of nitrogens with two attached hydrogens (primary N) is 1. The quantitative estimate of drug-likeness (QED) is 0.675. The van der Waals surface area contributed by atoms with Gasteiger partial charge in [0.15, 0.2) is 0 Å². The van der Waals surface area contributed by atoms with Gasteiger partial charge in [-0.3, -0.25) is 4.79 Å². The van der Waals surface area contributed by atoms with Gasteiger partial charge in [0.05, 0.1) is 13.2 Å². The highest BCUT2D eigenvalue weighted by atomic mass is 16.5. The van der Waals surface area contributed by atoms with E-state index in [4.69, 9.17) is 16.9 Å². The van der Waals surface area contributed by atoms with Crippen LogP contribution in [0.2, 0.25) is 0 Å². The van der Waals surface area contributed by atoms with Gasteiger partial charge < -0.3 is 15.8 Å². The number of terminal acetylenes is 1. The highest BCUT2D eigenvalue weighted by molar-refractivity contribution is 5.95. The van der Waals surface area contributed by atoms with Crippen LogP contribution in [0.1, 0.15) is 27.3 Å². The highest BCUT2D eigenvalue weighted by Gasteiger charge is 2.42. The Morgan fingerprint density at radius 1 is 1.17 bits per heavy atom. The molecule has 1 aliphatic heterocycles. The number of hydrogen-bond donors (Lipinski definition) is 2. The average molecular weight is 384 g/mol. The van der Waals surface area contributed by atoms with E-state index in [0.29, 0.717) is 30.4 Å². The molecule has 1 saturated heterocycles. The van der Waals surface area contributed by atoms with Crippen LogP contribution in [0.3, 0.4) is 0 Å². The Bertz CT molecular complexity index is 1100. The van der Waals surface area contributed by atoms with E-state index in [1.165, 1.54) is 0 Å². The summed E-state index contributed by atoms with van der Waals surface area (Å²) >= 11 is 0. The maximum Gasteiger partial charge on any atom is 0.252 e. The fraction of sp³-hybridized carbons (Fsp3) is 0.174. The molecule has 2 heterocycles. The maximum atomic E-state index is 12.7. The van der Waals surface area contributed by atoms with Crippen LogP contribution in [0.25, 0.3) is 11.1 Å². The Hall–Kier alpha value is -3.69. The maximum absolute atomic E-state index is 12.7. The van der Waals surface area contributed by atoms with Crippen LogP contribution in [-0.2, 0) is 10.3 Å². The SMILES string of the molecule is C#Cc1ccc(C(=O)NC2(c3ccc(-c4cnc(C)nc4N)cc3)COC2)cc1. The molecule has 0 aliphatic carbocycles. The van der Waals surface area contributed by atoms with Gasteiger partial charge >= 0.3 is 0 Å². The normalized spacial score (nSPS) is 14.5. The lowest BCUT2D eigenvalue weighted by Gasteiger charge is -2.42. The number of aromatic nitrogens is 2. The predicted molar refractivity (Wildman–Crippen MR) is 111 cm³/mol. The van der Waals surface area contributed by atoms with Gasteiger partial charge in [0.2, 0.25) is 0 Å². The van der Waals surface area contributed by atoms with E-state index in [1.807, 2.05) is 24.3 Å². The number of benzene rings is 2. The summed E-state index contributed by atoms with van der Waals surface area (Å²) in [6.07, 6.45) is 7.09. The Morgan fingerprint density at radius 3 is 2.41 bits per heavy atom. The zero-order chi connectivity index (χ0) is 20.4. The zero-order valence-corrected chi connectivity index (χ0v) is 16.0. The van der Waals surface area contributed by atoms with Crippen LogP contribution in [0, 0.1) is 19.3 Å². The Labute approximate surface area is 169 Å². The minimum Gasteiger partial charge on any atom is -0.383 e. The summed E-state index contributed by atoms with van der Waals surface area (Å²) in [7, 11) is 0.